The van der Waals surface area contributed by atoms with Crippen LogP contribution in [0.3, 0.4) is 0 Å². The molecule has 1 rings (SSSR count). The van der Waals surface area contributed by atoms with Crippen molar-refractivity contribution >= 4 is 11.8 Å². The molecule has 0 fully saturated rings. The Bertz CT molecular complexity index is 327. The maximum atomic E-state index is 5.62. The maximum absolute atomic E-state index is 5.62. The zero-order chi connectivity index (χ0) is 13.4. The van der Waals surface area contributed by atoms with Crippen LogP contribution in [0, 0.1) is 5.92 Å². The summed E-state index contributed by atoms with van der Waals surface area (Å²) in [4.78, 5) is 0. The second-order valence-electron chi connectivity index (χ2n) is 4.65. The van der Waals surface area contributed by atoms with Gasteiger partial charge in [0, 0.05) is 5.75 Å². The lowest BCUT2D eigenvalue weighted by Crippen LogP contribution is -2.29. The predicted molar refractivity (Wildman–Crippen MR) is 79.8 cm³/mol. The Hall–Kier alpha value is -0.710. The molecule has 0 spiro atoms. The summed E-state index contributed by atoms with van der Waals surface area (Å²) in [6.07, 6.45) is 0. The molecule has 0 aliphatic carbocycles. The number of hydrogen-bond donors (Lipinski definition) is 2. The Morgan fingerprint density at radius 1 is 1.22 bits per heavy atom. The van der Waals surface area contributed by atoms with E-state index in [2.05, 4.69) is 31.4 Å². The van der Waals surface area contributed by atoms with Crippen LogP contribution in [-0.2, 0) is 0 Å². The minimum absolute atomic E-state index is 0.199. The highest BCUT2D eigenvalue weighted by Gasteiger charge is 2.10. The fraction of sp³-hybridized carbons (Fsp3) is 0.571. The lowest BCUT2D eigenvalue weighted by molar-refractivity contribution is 0.340. The Kier molecular flexibility index (Phi) is 7.16. The molecule has 3 nitrogen and oxygen atoms in total. The van der Waals surface area contributed by atoms with Gasteiger partial charge in [0.05, 0.1) is 12.6 Å². The predicted octanol–water partition coefficient (Wildman–Crippen LogP) is 2.98. The molecule has 0 amide bonds. The third-order valence-corrected chi connectivity index (χ3v) is 4.00. The average molecular weight is 268 g/mol. The van der Waals surface area contributed by atoms with E-state index in [1.807, 2.05) is 30.8 Å². The van der Waals surface area contributed by atoms with Crippen molar-refractivity contribution in [3.05, 3.63) is 29.8 Å². The molecule has 0 aliphatic heterocycles. The molecular weight excluding hydrogens is 244 g/mol. The molecule has 1 aromatic rings. The second-order valence-corrected chi connectivity index (χ2v) is 5.73. The van der Waals surface area contributed by atoms with Crippen LogP contribution in [0.15, 0.2) is 24.3 Å². The van der Waals surface area contributed by atoms with Crippen molar-refractivity contribution in [1.82, 2.24) is 5.43 Å². The molecule has 0 saturated heterocycles. The van der Waals surface area contributed by atoms with Crippen LogP contribution >= 0.6 is 11.8 Å². The number of nitrogens with one attached hydrogen (secondary N) is 1. The van der Waals surface area contributed by atoms with Crippen molar-refractivity contribution in [2.75, 3.05) is 18.1 Å². The number of hydrazine groups is 1. The highest BCUT2D eigenvalue weighted by Crippen LogP contribution is 2.21. The zero-order valence-corrected chi connectivity index (χ0v) is 12.3. The molecule has 0 saturated carbocycles. The number of rotatable bonds is 8. The first kappa shape index (κ1) is 15.3. The quantitative estimate of drug-likeness (QED) is 0.562. The minimum Gasteiger partial charge on any atom is -0.494 e. The van der Waals surface area contributed by atoms with Crippen LogP contribution < -0.4 is 16.0 Å². The van der Waals surface area contributed by atoms with Gasteiger partial charge in [-0.25, -0.2) is 0 Å². The van der Waals surface area contributed by atoms with Crippen molar-refractivity contribution in [2.45, 2.75) is 26.8 Å². The smallest absolute Gasteiger partial charge is 0.119 e. The summed E-state index contributed by atoms with van der Waals surface area (Å²) in [7, 11) is 0. The van der Waals surface area contributed by atoms with Gasteiger partial charge in [-0.1, -0.05) is 26.0 Å². The molecule has 0 heterocycles. The molecule has 1 atom stereocenters. The van der Waals surface area contributed by atoms with Gasteiger partial charge in [0.25, 0.3) is 0 Å². The van der Waals surface area contributed by atoms with E-state index in [0.29, 0.717) is 12.5 Å². The van der Waals surface area contributed by atoms with Gasteiger partial charge in [-0.2, -0.15) is 11.8 Å². The van der Waals surface area contributed by atoms with Crippen molar-refractivity contribution in [2.24, 2.45) is 11.8 Å². The van der Waals surface area contributed by atoms with Gasteiger partial charge in [0.2, 0.25) is 0 Å². The molecule has 3 N–H and O–H groups in total. The van der Waals surface area contributed by atoms with Gasteiger partial charge in [-0.15, -0.1) is 0 Å². The summed E-state index contributed by atoms with van der Waals surface area (Å²) in [5.41, 5.74) is 4.09. The van der Waals surface area contributed by atoms with Crippen LogP contribution in [0.2, 0.25) is 0 Å². The van der Waals surface area contributed by atoms with Gasteiger partial charge in [-0.3, -0.25) is 11.3 Å². The summed E-state index contributed by atoms with van der Waals surface area (Å²) in [6, 6.07) is 8.34. The van der Waals surface area contributed by atoms with Gasteiger partial charge in [0.1, 0.15) is 5.75 Å². The summed E-state index contributed by atoms with van der Waals surface area (Å²) in [5.74, 6) is 9.40. The molecule has 18 heavy (non-hydrogen) atoms. The first-order valence-electron chi connectivity index (χ1n) is 6.44. The lowest BCUT2D eigenvalue weighted by atomic mass is 10.1. The molecule has 0 aliphatic rings. The molecule has 0 aromatic heterocycles. The molecule has 0 radical (unpaired) electrons. The first-order chi connectivity index (χ1) is 8.67. The minimum atomic E-state index is 0.199. The van der Waals surface area contributed by atoms with Crippen molar-refractivity contribution in [1.29, 1.82) is 0 Å². The molecule has 4 heteroatoms. The second kappa shape index (κ2) is 8.40. The van der Waals surface area contributed by atoms with E-state index in [0.717, 1.165) is 17.3 Å². The third-order valence-electron chi connectivity index (χ3n) is 2.53. The van der Waals surface area contributed by atoms with E-state index in [9.17, 15) is 0 Å². The zero-order valence-electron chi connectivity index (χ0n) is 11.5. The van der Waals surface area contributed by atoms with E-state index in [1.165, 1.54) is 5.56 Å². The standard InChI is InChI=1S/C14H24N2OS/c1-4-17-13-7-5-12(6-8-13)14(16-15)10-18-9-11(2)3/h5-8,11,14,16H,4,9-10,15H2,1-3H3. The number of nitrogens with two attached hydrogens (primary N) is 1. The van der Waals surface area contributed by atoms with E-state index in [-0.39, 0.29) is 6.04 Å². The Labute approximate surface area is 114 Å². The van der Waals surface area contributed by atoms with E-state index in [4.69, 9.17) is 10.6 Å². The van der Waals surface area contributed by atoms with Gasteiger partial charge < -0.3 is 4.74 Å². The topological polar surface area (TPSA) is 47.3 Å². The fourth-order valence-corrected chi connectivity index (χ4v) is 2.76. The SMILES string of the molecule is CCOc1ccc(C(CSCC(C)C)NN)cc1. The van der Waals surface area contributed by atoms with Crippen LogP contribution in [0.5, 0.6) is 5.75 Å². The molecular formula is C14H24N2OS. The maximum Gasteiger partial charge on any atom is 0.119 e. The molecule has 0 bridgehead atoms. The van der Waals surface area contributed by atoms with E-state index >= 15 is 0 Å². The lowest BCUT2D eigenvalue weighted by Gasteiger charge is -2.17. The van der Waals surface area contributed by atoms with E-state index < -0.39 is 0 Å². The average Bonchev–Trinajstić information content (AvgIpc) is 2.36. The van der Waals surface area contributed by atoms with E-state index in [1.54, 1.807) is 0 Å². The van der Waals surface area contributed by atoms with Crippen molar-refractivity contribution in [3.8, 4) is 5.75 Å². The van der Waals surface area contributed by atoms with Gasteiger partial charge in [-0.05, 0) is 36.3 Å². The third kappa shape index (κ3) is 5.29. The summed E-state index contributed by atoms with van der Waals surface area (Å²) < 4.78 is 5.43. The number of benzene rings is 1. The molecule has 1 unspecified atom stereocenters. The fourth-order valence-electron chi connectivity index (χ4n) is 1.63. The normalized spacial score (nSPS) is 12.7. The highest BCUT2D eigenvalue weighted by atomic mass is 32.2. The summed E-state index contributed by atoms with van der Waals surface area (Å²) >= 11 is 1.93. The molecule has 1 aromatic carbocycles. The Balaban J connectivity index is 2.53. The van der Waals surface area contributed by atoms with Gasteiger partial charge >= 0.3 is 0 Å². The van der Waals surface area contributed by atoms with Gasteiger partial charge in [0.15, 0.2) is 0 Å². The van der Waals surface area contributed by atoms with Crippen molar-refractivity contribution in [3.63, 3.8) is 0 Å². The van der Waals surface area contributed by atoms with Crippen LogP contribution in [0.4, 0.5) is 0 Å². The first-order valence-corrected chi connectivity index (χ1v) is 7.59. The monoisotopic (exact) mass is 268 g/mol. The highest BCUT2D eigenvalue weighted by molar-refractivity contribution is 7.99. The molecule has 102 valence electrons. The van der Waals surface area contributed by atoms with Crippen LogP contribution in [0.25, 0.3) is 0 Å². The van der Waals surface area contributed by atoms with Crippen LogP contribution in [0.1, 0.15) is 32.4 Å². The summed E-state index contributed by atoms with van der Waals surface area (Å²) in [6.45, 7) is 7.15. The number of ether oxygens (including phenoxy) is 1. The Morgan fingerprint density at radius 2 is 1.89 bits per heavy atom. The largest absolute Gasteiger partial charge is 0.494 e. The van der Waals surface area contributed by atoms with Crippen molar-refractivity contribution < 1.29 is 4.74 Å². The van der Waals surface area contributed by atoms with Crippen LogP contribution in [-0.4, -0.2) is 18.1 Å². The summed E-state index contributed by atoms with van der Waals surface area (Å²) in [5, 5.41) is 0. The number of thioether (sulfide) groups is 1. The Morgan fingerprint density at radius 3 is 2.39 bits per heavy atom. The number of hydrogen-bond acceptors (Lipinski definition) is 4.